The summed E-state index contributed by atoms with van der Waals surface area (Å²) in [6.07, 6.45) is 3.49. The summed E-state index contributed by atoms with van der Waals surface area (Å²) < 4.78 is 27.1. The molecule has 0 heterocycles. The number of alkyl carbamates (subject to hydrolysis) is 1. The molecule has 0 aliphatic heterocycles. The average Bonchev–Trinajstić information content (AvgIpc) is 2.45. The summed E-state index contributed by atoms with van der Waals surface area (Å²) in [5, 5.41) is 2.94. The molecule has 0 spiro atoms. The van der Waals surface area contributed by atoms with Gasteiger partial charge >= 0.3 is 6.09 Å². The van der Waals surface area contributed by atoms with Gasteiger partial charge in [0.1, 0.15) is 5.60 Å². The van der Waals surface area contributed by atoms with Crippen molar-refractivity contribution in [3.63, 3.8) is 0 Å². The molecule has 3 atom stereocenters. The topological polar surface area (TPSA) is 78.5 Å². The molecule has 1 aliphatic rings. The summed E-state index contributed by atoms with van der Waals surface area (Å²) in [5.41, 5.74) is 0.622. The van der Waals surface area contributed by atoms with Gasteiger partial charge in [-0.1, -0.05) is 18.6 Å². The maximum atomic E-state index is 11.9. The van der Waals surface area contributed by atoms with Gasteiger partial charge in [0.15, 0.2) is 0 Å². The molecule has 1 N–H and O–H groups in total. The number of amides is 1. The Hall–Kier alpha value is -1.40. The van der Waals surface area contributed by atoms with E-state index in [1.54, 1.807) is 12.1 Å². The predicted octanol–water partition coefficient (Wildman–Crippen LogP) is 3.48. The Bertz CT molecular complexity index is 565. The van der Waals surface area contributed by atoms with E-state index in [9.17, 15) is 13.6 Å². The Labute approximate surface area is 140 Å². The second kappa shape index (κ2) is 7.45. The molecule has 1 aliphatic carbocycles. The van der Waals surface area contributed by atoms with Crippen molar-refractivity contribution in [1.29, 1.82) is 0 Å². The van der Waals surface area contributed by atoms with E-state index in [-0.39, 0.29) is 12.1 Å². The molecule has 0 aromatic heterocycles. The van der Waals surface area contributed by atoms with Crippen LogP contribution < -0.4 is 5.32 Å². The van der Waals surface area contributed by atoms with Crippen LogP contribution in [-0.2, 0) is 15.8 Å². The SMILES string of the molecule is CC(C)(C)OC(=O)NC1CCCC(c2ccc(S(=O)[O-])cc2)C1. The Morgan fingerprint density at radius 2 is 1.91 bits per heavy atom. The lowest BCUT2D eigenvalue weighted by Gasteiger charge is -2.31. The van der Waals surface area contributed by atoms with Gasteiger partial charge in [-0.2, -0.15) is 0 Å². The Morgan fingerprint density at radius 3 is 2.48 bits per heavy atom. The second-order valence-corrected chi connectivity index (χ2v) is 7.95. The maximum absolute atomic E-state index is 11.9. The van der Waals surface area contributed by atoms with E-state index in [1.165, 1.54) is 0 Å². The highest BCUT2D eigenvalue weighted by molar-refractivity contribution is 7.79. The molecule has 1 aromatic rings. The molecule has 6 heteroatoms. The number of ether oxygens (including phenoxy) is 1. The molecule has 128 valence electrons. The van der Waals surface area contributed by atoms with Crippen LogP contribution in [0.25, 0.3) is 0 Å². The monoisotopic (exact) mass is 338 g/mol. The fourth-order valence-corrected chi connectivity index (χ4v) is 3.31. The van der Waals surface area contributed by atoms with Gasteiger partial charge in [0.25, 0.3) is 0 Å². The third-order valence-electron chi connectivity index (χ3n) is 3.94. The van der Waals surface area contributed by atoms with Crippen LogP contribution in [0, 0.1) is 0 Å². The molecule has 3 unspecified atom stereocenters. The van der Waals surface area contributed by atoms with Crippen molar-refractivity contribution >= 4 is 17.2 Å². The van der Waals surface area contributed by atoms with Crippen LogP contribution in [0.15, 0.2) is 29.2 Å². The lowest BCUT2D eigenvalue weighted by molar-refractivity contribution is 0.0490. The minimum Gasteiger partial charge on any atom is -0.768 e. The summed E-state index contributed by atoms with van der Waals surface area (Å²) >= 11 is -2.19. The Kier molecular flexibility index (Phi) is 5.81. The number of nitrogens with one attached hydrogen (secondary N) is 1. The van der Waals surface area contributed by atoms with E-state index in [4.69, 9.17) is 4.74 Å². The number of hydrogen-bond acceptors (Lipinski definition) is 4. The summed E-state index contributed by atoms with van der Waals surface area (Å²) in [6, 6.07) is 7.08. The van der Waals surface area contributed by atoms with Gasteiger partial charge in [0, 0.05) is 10.9 Å². The third kappa shape index (κ3) is 5.62. The van der Waals surface area contributed by atoms with Gasteiger partial charge in [-0.3, -0.25) is 4.21 Å². The van der Waals surface area contributed by atoms with Crippen LogP contribution >= 0.6 is 0 Å². The van der Waals surface area contributed by atoms with E-state index in [1.807, 2.05) is 32.9 Å². The molecule has 1 amide bonds. The van der Waals surface area contributed by atoms with Gasteiger partial charge < -0.3 is 14.6 Å². The minimum absolute atomic E-state index is 0.0944. The van der Waals surface area contributed by atoms with Gasteiger partial charge in [-0.25, -0.2) is 4.79 Å². The summed E-state index contributed by atoms with van der Waals surface area (Å²) in [7, 11) is 0. The van der Waals surface area contributed by atoms with Crippen LogP contribution in [0.3, 0.4) is 0 Å². The second-order valence-electron chi connectivity index (χ2n) is 7.01. The molecule has 1 aromatic carbocycles. The largest absolute Gasteiger partial charge is 0.768 e. The van der Waals surface area contributed by atoms with Crippen LogP contribution in [-0.4, -0.2) is 26.5 Å². The number of hydrogen-bond donors (Lipinski definition) is 1. The molecule has 1 saturated carbocycles. The highest BCUT2D eigenvalue weighted by atomic mass is 32.2. The lowest BCUT2D eigenvalue weighted by atomic mass is 9.81. The van der Waals surface area contributed by atoms with Crippen molar-refractivity contribution in [2.24, 2.45) is 0 Å². The number of carbonyl (C=O) groups is 1. The van der Waals surface area contributed by atoms with Crippen molar-refractivity contribution in [2.45, 2.75) is 68.9 Å². The fraction of sp³-hybridized carbons (Fsp3) is 0.588. The first-order valence-electron chi connectivity index (χ1n) is 7.93. The Balaban J connectivity index is 1.95. The van der Waals surface area contributed by atoms with E-state index >= 15 is 0 Å². The molecule has 0 bridgehead atoms. The highest BCUT2D eigenvalue weighted by Crippen LogP contribution is 2.33. The van der Waals surface area contributed by atoms with Crippen molar-refractivity contribution in [3.8, 4) is 0 Å². The minimum atomic E-state index is -2.19. The van der Waals surface area contributed by atoms with Gasteiger partial charge in [0.05, 0.1) is 0 Å². The first-order chi connectivity index (χ1) is 10.7. The molecule has 1 fully saturated rings. The predicted molar refractivity (Wildman–Crippen MR) is 88.0 cm³/mol. The van der Waals surface area contributed by atoms with Crippen molar-refractivity contribution in [1.82, 2.24) is 5.32 Å². The molecule has 0 radical (unpaired) electrons. The summed E-state index contributed by atoms with van der Waals surface area (Å²) in [6.45, 7) is 5.54. The molecular weight excluding hydrogens is 314 g/mol. The average molecular weight is 338 g/mol. The molecule has 5 nitrogen and oxygen atoms in total. The van der Waals surface area contributed by atoms with Crippen LogP contribution in [0.5, 0.6) is 0 Å². The zero-order chi connectivity index (χ0) is 17.0. The zero-order valence-electron chi connectivity index (χ0n) is 13.8. The number of carbonyl (C=O) groups excluding carboxylic acids is 1. The van der Waals surface area contributed by atoms with Crippen molar-refractivity contribution in [3.05, 3.63) is 29.8 Å². The zero-order valence-corrected chi connectivity index (χ0v) is 14.7. The van der Waals surface area contributed by atoms with Gasteiger partial charge in [-0.15, -0.1) is 0 Å². The lowest BCUT2D eigenvalue weighted by Crippen LogP contribution is -2.41. The standard InChI is InChI=1S/C17H25NO4S/c1-17(2,3)22-16(19)18-14-6-4-5-13(11-14)12-7-9-15(10-8-12)23(20)21/h7-10,13-14H,4-6,11H2,1-3H3,(H,18,19)(H,20,21)/p-1. The first-order valence-corrected chi connectivity index (χ1v) is 9.01. The van der Waals surface area contributed by atoms with Gasteiger partial charge in [0.2, 0.25) is 0 Å². The van der Waals surface area contributed by atoms with Crippen LogP contribution in [0.4, 0.5) is 4.79 Å². The van der Waals surface area contributed by atoms with E-state index in [0.29, 0.717) is 10.8 Å². The van der Waals surface area contributed by atoms with Gasteiger partial charge in [-0.05, 0) is 74.7 Å². The van der Waals surface area contributed by atoms with Crippen LogP contribution in [0.1, 0.15) is 57.9 Å². The van der Waals surface area contributed by atoms with E-state index in [2.05, 4.69) is 5.32 Å². The normalized spacial score (nSPS) is 23.1. The Morgan fingerprint density at radius 1 is 1.26 bits per heavy atom. The van der Waals surface area contributed by atoms with E-state index < -0.39 is 16.7 Å². The van der Waals surface area contributed by atoms with Crippen molar-refractivity contribution < 1.29 is 18.3 Å². The highest BCUT2D eigenvalue weighted by Gasteiger charge is 2.26. The molecule has 0 saturated heterocycles. The third-order valence-corrected chi connectivity index (χ3v) is 4.60. The molecular formula is C17H24NO4S-. The summed E-state index contributed by atoms with van der Waals surface area (Å²) in [4.78, 5) is 12.2. The van der Waals surface area contributed by atoms with Crippen LogP contribution in [0.2, 0.25) is 0 Å². The molecule has 2 rings (SSSR count). The fourth-order valence-electron chi connectivity index (χ4n) is 2.95. The smallest absolute Gasteiger partial charge is 0.407 e. The molecule has 23 heavy (non-hydrogen) atoms. The van der Waals surface area contributed by atoms with E-state index in [0.717, 1.165) is 31.2 Å². The summed E-state index contributed by atoms with van der Waals surface area (Å²) in [5.74, 6) is 0.331. The quantitative estimate of drug-likeness (QED) is 0.856. The number of benzene rings is 1. The maximum Gasteiger partial charge on any atom is 0.407 e. The number of rotatable bonds is 3. The van der Waals surface area contributed by atoms with Crippen molar-refractivity contribution in [2.75, 3.05) is 0 Å². The first kappa shape index (κ1) is 17.9.